The maximum atomic E-state index is 12.2. The zero-order valence-electron chi connectivity index (χ0n) is 23.2. The lowest BCUT2D eigenvalue weighted by molar-refractivity contribution is -0.121. The van der Waals surface area contributed by atoms with Crippen LogP contribution in [0.3, 0.4) is 0 Å². The lowest BCUT2D eigenvalue weighted by atomic mass is 9.57. The summed E-state index contributed by atoms with van der Waals surface area (Å²) in [5.74, 6) is 3.44. The van der Waals surface area contributed by atoms with E-state index in [0.29, 0.717) is 17.9 Å². The number of carbonyl (C=O) groups is 1. The quantitative estimate of drug-likeness (QED) is 0.353. The molecule has 4 aliphatic carbocycles. The molecule has 2 N–H and O–H groups in total. The molecular weight excluding hydrogens is 444 g/mol. The van der Waals surface area contributed by atoms with Crippen molar-refractivity contribution in [2.45, 2.75) is 122 Å². The van der Waals surface area contributed by atoms with Crippen molar-refractivity contribution in [1.82, 2.24) is 4.90 Å². The van der Waals surface area contributed by atoms with Gasteiger partial charge in [-0.2, -0.15) is 0 Å². The van der Waals surface area contributed by atoms with Crippen LogP contribution < -0.4 is 5.73 Å². The standard InChI is InChI=1S/C32H50N2O2/c1-21-16-30-29(34(20-21)15-7-5-4-6-14-33)19-32(36-30)13-11-25-26-9-8-23-17-24(35)10-12-31(23,3)28(26)18-27(25)22(32)2/h8,21,25-26,28-30H,4-7,9-20,33H2,1-3H3/t21-,25-,26-,28-,29?,30+,31-,32+/m0/s1. The van der Waals surface area contributed by atoms with E-state index in [9.17, 15) is 4.79 Å². The number of ketones is 1. The summed E-state index contributed by atoms with van der Waals surface area (Å²) in [7, 11) is 0. The van der Waals surface area contributed by atoms with Gasteiger partial charge in [0.05, 0.1) is 11.7 Å². The third kappa shape index (κ3) is 4.09. The minimum Gasteiger partial charge on any atom is -0.366 e. The summed E-state index contributed by atoms with van der Waals surface area (Å²) in [6, 6.07) is 0.599. The predicted molar refractivity (Wildman–Crippen MR) is 146 cm³/mol. The zero-order valence-corrected chi connectivity index (χ0v) is 23.2. The fraction of sp³-hybridized carbons (Fsp3) is 0.844. The van der Waals surface area contributed by atoms with E-state index >= 15 is 0 Å². The third-order valence-corrected chi connectivity index (χ3v) is 11.8. The largest absolute Gasteiger partial charge is 0.366 e. The Morgan fingerprint density at radius 2 is 2.03 bits per heavy atom. The van der Waals surface area contributed by atoms with Crippen LogP contribution >= 0.6 is 0 Å². The minimum absolute atomic E-state index is 0.0176. The summed E-state index contributed by atoms with van der Waals surface area (Å²) in [5.41, 5.74) is 10.8. The molecule has 0 aromatic rings. The Morgan fingerprint density at radius 1 is 1.19 bits per heavy atom. The normalized spacial score (nSPS) is 44.3. The smallest absolute Gasteiger partial charge is 0.136 e. The Balaban J connectivity index is 1.21. The predicted octanol–water partition coefficient (Wildman–Crippen LogP) is 6.20. The maximum Gasteiger partial charge on any atom is 0.136 e. The summed E-state index contributed by atoms with van der Waals surface area (Å²) < 4.78 is 7.19. The van der Waals surface area contributed by atoms with Crippen LogP contribution in [0.25, 0.3) is 0 Å². The molecule has 4 nitrogen and oxygen atoms in total. The van der Waals surface area contributed by atoms with Gasteiger partial charge in [0.25, 0.3) is 0 Å². The van der Waals surface area contributed by atoms with Gasteiger partial charge in [0, 0.05) is 25.4 Å². The Labute approximate surface area is 219 Å². The molecule has 2 saturated heterocycles. The summed E-state index contributed by atoms with van der Waals surface area (Å²) in [4.78, 5) is 15.0. The molecular formula is C32H50N2O2. The first-order valence-electron chi connectivity index (χ1n) is 15.4. The average Bonchev–Trinajstić information content (AvgIpc) is 3.42. The minimum atomic E-state index is -0.0176. The van der Waals surface area contributed by atoms with Gasteiger partial charge >= 0.3 is 0 Å². The number of likely N-dealkylation sites (tertiary alicyclic amines) is 1. The first-order valence-corrected chi connectivity index (χ1v) is 15.4. The van der Waals surface area contributed by atoms with Gasteiger partial charge in [0.15, 0.2) is 0 Å². The fourth-order valence-electron chi connectivity index (χ4n) is 9.80. The van der Waals surface area contributed by atoms with Crippen LogP contribution in [-0.2, 0) is 9.53 Å². The number of ether oxygens (including phenoxy) is 1. The lowest BCUT2D eigenvalue weighted by Crippen LogP contribution is -2.49. The number of fused-ring (bicyclic) bond motifs is 6. The SMILES string of the molecule is CC1=C2C[C@H]3[C@@H](CC=C4CC(=O)CC[C@@]43C)[C@@H]2CC[C@@]12CC1[C@@H](C[C@H](C)CN1CCCCCCN)O2. The second-order valence-electron chi connectivity index (χ2n) is 13.8. The molecule has 1 unspecified atom stereocenters. The van der Waals surface area contributed by atoms with E-state index in [1.165, 1.54) is 76.5 Å². The van der Waals surface area contributed by atoms with Crippen molar-refractivity contribution in [2.24, 2.45) is 34.8 Å². The van der Waals surface area contributed by atoms with Crippen LogP contribution in [-0.4, -0.2) is 48.1 Å². The summed E-state index contributed by atoms with van der Waals surface area (Å²) in [6.07, 6.45) is 17.9. The van der Waals surface area contributed by atoms with Crippen LogP contribution in [0.15, 0.2) is 22.8 Å². The molecule has 6 aliphatic rings. The van der Waals surface area contributed by atoms with E-state index in [4.69, 9.17) is 10.5 Å². The monoisotopic (exact) mass is 494 g/mol. The zero-order chi connectivity index (χ0) is 25.1. The second kappa shape index (κ2) is 9.65. The van der Waals surface area contributed by atoms with Gasteiger partial charge in [-0.05, 0) is 112 Å². The molecule has 0 radical (unpaired) electrons. The number of nitrogens with two attached hydrogens (primary N) is 1. The number of piperidine rings is 1. The number of hydrogen-bond donors (Lipinski definition) is 1. The van der Waals surface area contributed by atoms with Crippen LogP contribution in [0, 0.1) is 29.1 Å². The molecule has 6 rings (SSSR count). The van der Waals surface area contributed by atoms with E-state index < -0.39 is 0 Å². The van der Waals surface area contributed by atoms with Gasteiger partial charge in [-0.3, -0.25) is 9.69 Å². The Kier molecular flexibility index (Phi) is 6.79. The molecule has 2 saturated carbocycles. The molecule has 1 spiro atoms. The summed E-state index contributed by atoms with van der Waals surface area (Å²) in [5, 5.41) is 0. The van der Waals surface area contributed by atoms with Crippen molar-refractivity contribution in [3.63, 3.8) is 0 Å². The Morgan fingerprint density at radius 3 is 2.86 bits per heavy atom. The van der Waals surface area contributed by atoms with Gasteiger partial charge in [-0.15, -0.1) is 0 Å². The highest BCUT2D eigenvalue weighted by Gasteiger charge is 2.58. The first-order chi connectivity index (χ1) is 17.3. The highest BCUT2D eigenvalue weighted by atomic mass is 16.5. The van der Waals surface area contributed by atoms with Crippen molar-refractivity contribution >= 4 is 5.78 Å². The number of unbranched alkanes of at least 4 members (excludes halogenated alkanes) is 3. The van der Waals surface area contributed by atoms with Gasteiger partial charge in [-0.1, -0.05) is 43.9 Å². The van der Waals surface area contributed by atoms with Crippen molar-refractivity contribution in [2.75, 3.05) is 19.6 Å². The highest BCUT2D eigenvalue weighted by molar-refractivity contribution is 5.82. The number of nitrogens with zero attached hydrogens (tertiary/aromatic N) is 1. The Bertz CT molecular complexity index is 938. The molecule has 2 aliphatic heterocycles. The van der Waals surface area contributed by atoms with Gasteiger partial charge in [-0.25, -0.2) is 0 Å². The second-order valence-corrected chi connectivity index (χ2v) is 13.8. The van der Waals surface area contributed by atoms with E-state index in [0.717, 1.165) is 55.9 Å². The van der Waals surface area contributed by atoms with E-state index in [1.54, 1.807) is 11.1 Å². The van der Waals surface area contributed by atoms with Gasteiger partial charge in [0.2, 0.25) is 0 Å². The van der Waals surface area contributed by atoms with Crippen LogP contribution in [0.2, 0.25) is 0 Å². The summed E-state index contributed by atoms with van der Waals surface area (Å²) in [6.45, 7) is 10.7. The van der Waals surface area contributed by atoms with Crippen molar-refractivity contribution < 1.29 is 9.53 Å². The van der Waals surface area contributed by atoms with Gasteiger partial charge in [0.1, 0.15) is 5.78 Å². The molecule has 0 aromatic carbocycles. The van der Waals surface area contributed by atoms with E-state index in [1.807, 2.05) is 0 Å². The van der Waals surface area contributed by atoms with Crippen molar-refractivity contribution in [3.8, 4) is 0 Å². The molecule has 8 atom stereocenters. The van der Waals surface area contributed by atoms with E-state index in [2.05, 4.69) is 31.7 Å². The number of carbonyl (C=O) groups excluding carboxylic acids is 1. The summed E-state index contributed by atoms with van der Waals surface area (Å²) >= 11 is 0. The lowest BCUT2D eigenvalue weighted by Gasteiger charge is -2.47. The van der Waals surface area contributed by atoms with Crippen LogP contribution in [0.1, 0.15) is 104 Å². The van der Waals surface area contributed by atoms with Gasteiger partial charge < -0.3 is 10.5 Å². The van der Waals surface area contributed by atoms with Crippen LogP contribution in [0.5, 0.6) is 0 Å². The molecule has 0 aromatic heterocycles. The number of rotatable bonds is 6. The number of Topliss-reactive ketones (excluding diaryl/α,β-unsaturated/α-hetero) is 1. The third-order valence-electron chi connectivity index (χ3n) is 11.8. The first kappa shape index (κ1) is 25.3. The molecule has 4 heteroatoms. The van der Waals surface area contributed by atoms with E-state index in [-0.39, 0.29) is 11.0 Å². The average molecular weight is 495 g/mol. The van der Waals surface area contributed by atoms with Crippen molar-refractivity contribution in [3.05, 3.63) is 22.8 Å². The molecule has 0 amide bonds. The molecule has 0 bridgehead atoms. The molecule has 2 heterocycles. The fourth-order valence-corrected chi connectivity index (χ4v) is 9.80. The Hall–Kier alpha value is -0.970. The van der Waals surface area contributed by atoms with Crippen molar-refractivity contribution in [1.29, 1.82) is 0 Å². The molecule has 36 heavy (non-hydrogen) atoms. The molecule has 200 valence electrons. The maximum absolute atomic E-state index is 12.2. The topological polar surface area (TPSA) is 55.6 Å². The number of allylic oxidation sites excluding steroid dienone is 3. The van der Waals surface area contributed by atoms with Crippen LogP contribution in [0.4, 0.5) is 0 Å². The highest BCUT2D eigenvalue weighted by Crippen LogP contribution is 2.64. The number of hydrogen-bond acceptors (Lipinski definition) is 4. The molecule has 4 fully saturated rings.